The zero-order valence-corrected chi connectivity index (χ0v) is 13.5. The number of nitrogen functional groups attached to an aromatic ring is 1. The summed E-state index contributed by atoms with van der Waals surface area (Å²) in [6.07, 6.45) is 1.09. The highest BCUT2D eigenvalue weighted by Crippen LogP contribution is 2.25. The molecule has 1 heterocycles. The Hall–Kier alpha value is -1.57. The van der Waals surface area contributed by atoms with Crippen LogP contribution in [-0.2, 0) is 0 Å². The molecule has 1 aromatic carbocycles. The normalized spacial score (nSPS) is 12.2. The van der Waals surface area contributed by atoms with E-state index in [4.69, 9.17) is 10.5 Å². The maximum Gasteiger partial charge on any atom is 0.269 e. The van der Waals surface area contributed by atoms with Crippen molar-refractivity contribution in [2.45, 2.75) is 26.2 Å². The van der Waals surface area contributed by atoms with Gasteiger partial charge in [0.15, 0.2) is 0 Å². The van der Waals surface area contributed by atoms with Crippen molar-refractivity contribution in [2.24, 2.45) is 0 Å². The van der Waals surface area contributed by atoms with Crippen molar-refractivity contribution in [1.29, 1.82) is 0 Å². The first-order valence-electron chi connectivity index (χ1n) is 6.34. The average molecular weight is 385 g/mol. The van der Waals surface area contributed by atoms with Crippen LogP contribution in [0.1, 0.15) is 31.7 Å². The van der Waals surface area contributed by atoms with Crippen molar-refractivity contribution in [1.82, 2.24) is 9.97 Å². The Labute approximate surface area is 130 Å². The second kappa shape index (κ2) is 6.25. The van der Waals surface area contributed by atoms with Crippen molar-refractivity contribution in [3.8, 4) is 11.6 Å². The van der Waals surface area contributed by atoms with Gasteiger partial charge < -0.3 is 10.5 Å². The Morgan fingerprint density at radius 3 is 2.65 bits per heavy atom. The molecule has 1 aromatic heterocycles. The van der Waals surface area contributed by atoms with Gasteiger partial charge in [-0.15, -0.1) is 0 Å². The van der Waals surface area contributed by atoms with Crippen LogP contribution in [0.5, 0.6) is 11.6 Å². The molecule has 2 aromatic rings. The van der Waals surface area contributed by atoms with Gasteiger partial charge in [0, 0.05) is 0 Å². The number of halogens is 1. The number of anilines is 1. The van der Waals surface area contributed by atoms with Crippen LogP contribution in [0.3, 0.4) is 0 Å². The first-order chi connectivity index (χ1) is 9.51. The number of aromatic nitrogens is 2. The van der Waals surface area contributed by atoms with Crippen LogP contribution in [-0.4, -0.2) is 9.97 Å². The molecule has 0 aliphatic heterocycles. The van der Waals surface area contributed by atoms with Crippen molar-refractivity contribution < 1.29 is 4.74 Å². The lowest BCUT2D eigenvalue weighted by atomic mass is 9.99. The summed E-state index contributed by atoms with van der Waals surface area (Å²) in [4.78, 5) is 18.0. The molecule has 1 unspecified atom stereocenters. The number of benzene rings is 1. The number of nitrogens with zero attached hydrogens (tertiary/aromatic N) is 1. The molecule has 106 valence electrons. The van der Waals surface area contributed by atoms with Crippen molar-refractivity contribution >= 4 is 28.5 Å². The van der Waals surface area contributed by atoms with Gasteiger partial charge in [0.1, 0.15) is 9.32 Å². The highest BCUT2D eigenvalue weighted by Gasteiger charge is 2.10. The van der Waals surface area contributed by atoms with Gasteiger partial charge in [0.25, 0.3) is 5.56 Å². The van der Waals surface area contributed by atoms with E-state index in [1.807, 2.05) is 46.9 Å². The molecule has 0 saturated heterocycles. The Morgan fingerprint density at radius 2 is 2.05 bits per heavy atom. The molecule has 0 aliphatic rings. The molecule has 0 saturated carbocycles. The lowest BCUT2D eigenvalue weighted by Gasteiger charge is -2.10. The minimum atomic E-state index is -0.302. The third-order valence-corrected chi connectivity index (χ3v) is 4.08. The fourth-order valence-corrected chi connectivity index (χ4v) is 2.10. The fraction of sp³-hybridized carbons (Fsp3) is 0.286. The lowest BCUT2D eigenvalue weighted by molar-refractivity contribution is 0.457. The molecule has 2 rings (SSSR count). The van der Waals surface area contributed by atoms with E-state index in [9.17, 15) is 4.79 Å². The quantitative estimate of drug-likeness (QED) is 0.792. The third-order valence-electron chi connectivity index (χ3n) is 3.13. The van der Waals surface area contributed by atoms with E-state index in [0.717, 1.165) is 6.42 Å². The van der Waals surface area contributed by atoms with Gasteiger partial charge in [0.05, 0.1) is 0 Å². The minimum Gasteiger partial charge on any atom is -0.438 e. The minimum absolute atomic E-state index is 0.0432. The average Bonchev–Trinajstić information content (AvgIpc) is 2.44. The number of ether oxygens (including phenoxy) is 1. The number of hydrogen-bond acceptors (Lipinski definition) is 4. The zero-order chi connectivity index (χ0) is 14.7. The number of hydrogen-bond donors (Lipinski definition) is 2. The van der Waals surface area contributed by atoms with Crippen molar-refractivity contribution in [3.05, 3.63) is 43.8 Å². The van der Waals surface area contributed by atoms with Crippen molar-refractivity contribution in [2.75, 3.05) is 5.73 Å². The molecule has 0 aliphatic carbocycles. The molecular weight excluding hydrogens is 369 g/mol. The summed E-state index contributed by atoms with van der Waals surface area (Å²) >= 11 is 1.88. The zero-order valence-electron chi connectivity index (χ0n) is 11.3. The molecule has 0 radical (unpaired) electrons. The summed E-state index contributed by atoms with van der Waals surface area (Å²) in [7, 11) is 0. The monoisotopic (exact) mass is 385 g/mol. The SMILES string of the molecule is CCC(C)c1ccc(Oc2nc(N)[nH]c(=O)c2I)cc1. The fourth-order valence-electron chi connectivity index (χ4n) is 1.73. The van der Waals surface area contributed by atoms with Crippen LogP contribution in [0.15, 0.2) is 29.1 Å². The molecule has 5 nitrogen and oxygen atoms in total. The summed E-state index contributed by atoms with van der Waals surface area (Å²) < 4.78 is 6.00. The van der Waals surface area contributed by atoms with E-state index in [0.29, 0.717) is 15.2 Å². The van der Waals surface area contributed by atoms with Gasteiger partial charge in [0.2, 0.25) is 11.8 Å². The number of nitrogens with two attached hydrogens (primary N) is 1. The smallest absolute Gasteiger partial charge is 0.269 e. The second-order valence-electron chi connectivity index (χ2n) is 4.55. The molecule has 0 bridgehead atoms. The maximum atomic E-state index is 11.6. The van der Waals surface area contributed by atoms with E-state index in [1.54, 1.807) is 0 Å². The van der Waals surface area contributed by atoms with E-state index in [-0.39, 0.29) is 17.4 Å². The molecule has 1 atom stereocenters. The Kier molecular flexibility index (Phi) is 4.64. The Bertz CT molecular complexity index is 652. The van der Waals surface area contributed by atoms with Gasteiger partial charge in [-0.3, -0.25) is 9.78 Å². The van der Waals surface area contributed by atoms with Crippen LogP contribution >= 0.6 is 22.6 Å². The largest absolute Gasteiger partial charge is 0.438 e. The summed E-state index contributed by atoms with van der Waals surface area (Å²) in [6, 6.07) is 7.78. The third kappa shape index (κ3) is 3.30. The van der Waals surface area contributed by atoms with Crippen LogP contribution in [0.25, 0.3) is 0 Å². The second-order valence-corrected chi connectivity index (χ2v) is 5.63. The van der Waals surface area contributed by atoms with Crippen LogP contribution in [0.2, 0.25) is 0 Å². The van der Waals surface area contributed by atoms with Gasteiger partial charge in [-0.2, -0.15) is 4.98 Å². The highest BCUT2D eigenvalue weighted by molar-refractivity contribution is 14.1. The molecular formula is C14H16IN3O2. The Morgan fingerprint density at radius 1 is 1.40 bits per heavy atom. The van der Waals surface area contributed by atoms with Crippen LogP contribution in [0, 0.1) is 3.57 Å². The summed E-state index contributed by atoms with van der Waals surface area (Å²) in [5.41, 5.74) is 6.47. The van der Waals surface area contributed by atoms with Crippen LogP contribution < -0.4 is 16.0 Å². The first-order valence-corrected chi connectivity index (χ1v) is 7.42. The molecule has 6 heteroatoms. The molecule has 0 fully saturated rings. The maximum absolute atomic E-state index is 11.6. The molecule has 20 heavy (non-hydrogen) atoms. The molecule has 3 N–H and O–H groups in total. The molecule has 0 amide bonds. The van der Waals surface area contributed by atoms with Crippen LogP contribution in [0.4, 0.5) is 5.95 Å². The van der Waals surface area contributed by atoms with E-state index in [2.05, 4.69) is 23.8 Å². The van der Waals surface area contributed by atoms with Crippen molar-refractivity contribution in [3.63, 3.8) is 0 Å². The Balaban J connectivity index is 2.25. The van der Waals surface area contributed by atoms with E-state index in [1.165, 1.54) is 5.56 Å². The predicted octanol–water partition coefficient (Wildman–Crippen LogP) is 3.26. The standard InChI is InChI=1S/C14H16IN3O2/c1-3-8(2)9-4-6-10(7-5-9)20-13-11(15)12(19)17-14(16)18-13/h4-8H,3H2,1-2H3,(H3,16,17,18,19). The summed E-state index contributed by atoms with van der Waals surface area (Å²) in [5.74, 6) is 1.41. The van der Waals surface area contributed by atoms with Gasteiger partial charge in [-0.05, 0) is 52.6 Å². The molecule has 0 spiro atoms. The van der Waals surface area contributed by atoms with Gasteiger partial charge in [-0.25, -0.2) is 0 Å². The van der Waals surface area contributed by atoms with E-state index < -0.39 is 0 Å². The lowest BCUT2D eigenvalue weighted by Crippen LogP contribution is -2.15. The summed E-state index contributed by atoms with van der Waals surface area (Å²) in [5, 5.41) is 0. The summed E-state index contributed by atoms with van der Waals surface area (Å²) in [6.45, 7) is 4.33. The van der Waals surface area contributed by atoms with Gasteiger partial charge >= 0.3 is 0 Å². The number of aromatic amines is 1. The number of nitrogens with one attached hydrogen (secondary N) is 1. The topological polar surface area (TPSA) is 81.0 Å². The van der Waals surface area contributed by atoms with E-state index >= 15 is 0 Å². The predicted molar refractivity (Wildman–Crippen MR) is 87.2 cm³/mol. The first kappa shape index (κ1) is 14.8. The number of H-pyrrole nitrogens is 1. The van der Waals surface area contributed by atoms with Gasteiger partial charge in [-0.1, -0.05) is 26.0 Å². The number of rotatable bonds is 4. The highest BCUT2D eigenvalue weighted by atomic mass is 127.